The van der Waals surface area contributed by atoms with Gasteiger partial charge in [-0.05, 0) is 50.5 Å². The molecule has 0 aliphatic carbocycles. The maximum absolute atomic E-state index is 9.97. The van der Waals surface area contributed by atoms with Gasteiger partial charge in [0.2, 0.25) is 5.89 Å². The summed E-state index contributed by atoms with van der Waals surface area (Å²) in [5.41, 5.74) is 1.79. The smallest absolute Gasteiger partial charge is 0.312 e. The Morgan fingerprint density at radius 3 is 2.87 bits per heavy atom. The predicted octanol–water partition coefficient (Wildman–Crippen LogP) is 4.08. The molecule has 1 atom stereocenters. The molecule has 1 aromatic carbocycles. The van der Waals surface area contributed by atoms with Crippen LogP contribution in [0.2, 0.25) is 5.02 Å². The first-order valence-corrected chi connectivity index (χ1v) is 8.10. The van der Waals surface area contributed by atoms with Crippen molar-refractivity contribution in [1.82, 2.24) is 4.98 Å². The number of aromatic hydroxyl groups is 1. The molecule has 0 unspecified atom stereocenters. The first kappa shape index (κ1) is 16.0. The molecule has 0 spiro atoms. The molecule has 1 aliphatic heterocycles. The van der Waals surface area contributed by atoms with Crippen molar-refractivity contribution < 1.29 is 14.3 Å². The Bertz CT molecular complexity index is 688. The van der Waals surface area contributed by atoms with Gasteiger partial charge in [0.15, 0.2) is 5.69 Å². The number of ether oxygens (including phenoxy) is 1. The molecule has 23 heavy (non-hydrogen) atoms. The van der Waals surface area contributed by atoms with Gasteiger partial charge in [-0.25, -0.2) is 4.98 Å². The summed E-state index contributed by atoms with van der Waals surface area (Å²) in [4.78, 5) is 8.81. The minimum Gasteiger partial charge on any atom is -0.479 e. The summed E-state index contributed by atoms with van der Waals surface area (Å²) in [6.45, 7) is 3.32. The number of hydrogen-bond donors (Lipinski definition) is 1. The van der Waals surface area contributed by atoms with Gasteiger partial charge in [0.05, 0.1) is 11.8 Å². The Labute approximate surface area is 140 Å². The monoisotopic (exact) mass is 334 g/mol. The number of nitrogens with zero attached hydrogens (tertiary/aromatic N) is 2. The van der Waals surface area contributed by atoms with Gasteiger partial charge in [0.1, 0.15) is 0 Å². The van der Waals surface area contributed by atoms with E-state index in [1.807, 2.05) is 6.92 Å². The highest BCUT2D eigenvalue weighted by Gasteiger charge is 2.17. The Morgan fingerprint density at radius 2 is 2.17 bits per heavy atom. The second-order valence-electron chi connectivity index (χ2n) is 5.57. The van der Waals surface area contributed by atoms with Gasteiger partial charge in [-0.15, -0.1) is 0 Å². The molecule has 0 saturated carbocycles. The molecular weight excluding hydrogens is 316 g/mol. The first-order valence-electron chi connectivity index (χ1n) is 7.72. The van der Waals surface area contributed by atoms with E-state index in [4.69, 9.17) is 20.8 Å². The number of oxazole rings is 1. The summed E-state index contributed by atoms with van der Waals surface area (Å²) in [6, 6.07) is 7.09. The lowest BCUT2D eigenvalue weighted by molar-refractivity contribution is 0.106. The first-order chi connectivity index (χ1) is 11.1. The van der Waals surface area contributed by atoms with E-state index in [1.54, 1.807) is 24.3 Å². The zero-order valence-corrected chi connectivity index (χ0v) is 13.7. The van der Waals surface area contributed by atoms with Crippen LogP contribution in [0, 0.1) is 0 Å². The van der Waals surface area contributed by atoms with E-state index in [1.165, 1.54) is 0 Å². The Kier molecular flexibility index (Phi) is 4.98. The van der Waals surface area contributed by atoms with Gasteiger partial charge in [-0.3, -0.25) is 4.99 Å². The third-order valence-corrected chi connectivity index (χ3v) is 4.12. The van der Waals surface area contributed by atoms with E-state index in [-0.39, 0.29) is 5.95 Å². The van der Waals surface area contributed by atoms with E-state index in [2.05, 4.69) is 9.98 Å². The standard InChI is InChI=1S/C17H19ClN2O3/c1-11(19-9-8-14-3-2-10-22-14)15-17(21)23-16(20-15)12-4-6-13(18)7-5-12/h4-7,14,21H,2-3,8-10H2,1H3/t14-/m1/s1. The van der Waals surface area contributed by atoms with Crippen molar-refractivity contribution in [2.45, 2.75) is 32.3 Å². The average Bonchev–Trinajstić information content (AvgIpc) is 3.17. The second-order valence-corrected chi connectivity index (χ2v) is 6.01. The van der Waals surface area contributed by atoms with Crippen molar-refractivity contribution in [2.75, 3.05) is 13.2 Å². The normalized spacial score (nSPS) is 18.5. The molecule has 0 radical (unpaired) electrons. The van der Waals surface area contributed by atoms with E-state index in [0.717, 1.165) is 31.4 Å². The maximum atomic E-state index is 9.97. The van der Waals surface area contributed by atoms with Gasteiger partial charge in [0, 0.05) is 23.7 Å². The predicted molar refractivity (Wildman–Crippen MR) is 89.3 cm³/mol. The molecule has 2 heterocycles. The van der Waals surface area contributed by atoms with Gasteiger partial charge >= 0.3 is 5.95 Å². The van der Waals surface area contributed by atoms with Gasteiger partial charge in [0.25, 0.3) is 0 Å². The highest BCUT2D eigenvalue weighted by atomic mass is 35.5. The fourth-order valence-electron chi connectivity index (χ4n) is 2.59. The second kappa shape index (κ2) is 7.15. The van der Waals surface area contributed by atoms with E-state index < -0.39 is 0 Å². The van der Waals surface area contributed by atoms with Crippen molar-refractivity contribution >= 4 is 17.3 Å². The molecular formula is C17H19ClN2O3. The van der Waals surface area contributed by atoms with Crippen molar-refractivity contribution in [3.05, 3.63) is 35.0 Å². The van der Waals surface area contributed by atoms with Crippen LogP contribution in [-0.4, -0.2) is 35.1 Å². The molecule has 1 N–H and O–H groups in total. The van der Waals surface area contributed by atoms with Crippen LogP contribution in [-0.2, 0) is 4.74 Å². The SMILES string of the molecule is CC(=NCC[C@H]1CCCO1)c1nc(-c2ccc(Cl)cc2)oc1O. The molecule has 5 nitrogen and oxygen atoms in total. The lowest BCUT2D eigenvalue weighted by Gasteiger charge is -2.06. The van der Waals surface area contributed by atoms with Gasteiger partial charge < -0.3 is 14.3 Å². The minimum atomic E-state index is -0.215. The quantitative estimate of drug-likeness (QED) is 0.836. The largest absolute Gasteiger partial charge is 0.479 e. The molecule has 1 aromatic heterocycles. The average molecular weight is 335 g/mol. The summed E-state index contributed by atoms with van der Waals surface area (Å²) < 4.78 is 10.9. The molecule has 0 bridgehead atoms. The Morgan fingerprint density at radius 1 is 1.39 bits per heavy atom. The zero-order chi connectivity index (χ0) is 16.2. The van der Waals surface area contributed by atoms with E-state index in [0.29, 0.717) is 35.0 Å². The zero-order valence-electron chi connectivity index (χ0n) is 13.0. The molecule has 3 rings (SSSR count). The topological polar surface area (TPSA) is 67.9 Å². The van der Waals surface area contributed by atoms with Crippen LogP contribution in [0.15, 0.2) is 33.7 Å². The molecule has 122 valence electrons. The van der Waals surface area contributed by atoms with Crippen LogP contribution < -0.4 is 0 Å². The number of rotatable bonds is 5. The Hall–Kier alpha value is -1.85. The molecule has 2 aromatic rings. The molecule has 1 aliphatic rings. The van der Waals surface area contributed by atoms with Crippen molar-refractivity contribution in [3.8, 4) is 17.4 Å². The van der Waals surface area contributed by atoms with Crippen molar-refractivity contribution in [2.24, 2.45) is 4.99 Å². The third kappa shape index (κ3) is 3.92. The summed E-state index contributed by atoms with van der Waals surface area (Å²) in [5.74, 6) is 0.135. The van der Waals surface area contributed by atoms with Crippen LogP contribution in [0.5, 0.6) is 5.95 Å². The Balaban J connectivity index is 1.70. The van der Waals surface area contributed by atoms with Crippen molar-refractivity contribution in [1.29, 1.82) is 0 Å². The highest BCUT2D eigenvalue weighted by Crippen LogP contribution is 2.27. The number of halogens is 1. The van der Waals surface area contributed by atoms with Gasteiger partial charge in [-0.2, -0.15) is 0 Å². The fraction of sp³-hybridized carbons (Fsp3) is 0.412. The third-order valence-electron chi connectivity index (χ3n) is 3.87. The highest BCUT2D eigenvalue weighted by molar-refractivity contribution is 6.30. The summed E-state index contributed by atoms with van der Waals surface area (Å²) in [7, 11) is 0. The molecule has 6 heteroatoms. The summed E-state index contributed by atoms with van der Waals surface area (Å²) >= 11 is 5.87. The number of aromatic nitrogens is 1. The van der Waals surface area contributed by atoms with Crippen LogP contribution in [0.3, 0.4) is 0 Å². The van der Waals surface area contributed by atoms with Gasteiger partial charge in [-0.1, -0.05) is 11.6 Å². The molecule has 0 amide bonds. The molecule has 1 saturated heterocycles. The van der Waals surface area contributed by atoms with E-state index in [9.17, 15) is 5.11 Å². The summed E-state index contributed by atoms with van der Waals surface area (Å²) in [6.07, 6.45) is 3.42. The van der Waals surface area contributed by atoms with Crippen LogP contribution in [0.4, 0.5) is 0 Å². The summed E-state index contributed by atoms with van der Waals surface area (Å²) in [5, 5.41) is 10.6. The van der Waals surface area contributed by atoms with Crippen LogP contribution in [0.25, 0.3) is 11.5 Å². The minimum absolute atomic E-state index is 0.215. The van der Waals surface area contributed by atoms with E-state index >= 15 is 0 Å². The van der Waals surface area contributed by atoms with Crippen LogP contribution >= 0.6 is 11.6 Å². The maximum Gasteiger partial charge on any atom is 0.312 e. The van der Waals surface area contributed by atoms with Crippen molar-refractivity contribution in [3.63, 3.8) is 0 Å². The number of aliphatic imine (C=N–C) groups is 1. The van der Waals surface area contributed by atoms with Crippen LogP contribution in [0.1, 0.15) is 31.9 Å². The number of hydrogen-bond acceptors (Lipinski definition) is 5. The lowest BCUT2D eigenvalue weighted by Crippen LogP contribution is -2.07. The molecule has 1 fully saturated rings. The fourth-order valence-corrected chi connectivity index (χ4v) is 2.71. The lowest BCUT2D eigenvalue weighted by atomic mass is 10.2. The number of benzene rings is 1.